The van der Waals surface area contributed by atoms with Crippen LogP contribution in [0.3, 0.4) is 0 Å². The minimum atomic E-state index is -4.86. The van der Waals surface area contributed by atoms with Crippen molar-refractivity contribution in [1.29, 1.82) is 0 Å². The highest BCUT2D eigenvalue weighted by atomic mass is 127. The lowest BCUT2D eigenvalue weighted by molar-refractivity contribution is -0.173. The highest BCUT2D eigenvalue weighted by Crippen LogP contribution is 2.18. The maximum atomic E-state index is 11.9. The van der Waals surface area contributed by atoms with Gasteiger partial charge in [-0.2, -0.15) is 13.2 Å². The van der Waals surface area contributed by atoms with Crippen LogP contribution in [0.1, 0.15) is 0 Å². The fraction of sp³-hybridized carbons (Fsp3) is 0.571. The van der Waals surface area contributed by atoms with Crippen LogP contribution in [0.5, 0.6) is 0 Å². The van der Waals surface area contributed by atoms with Gasteiger partial charge in [-0.15, -0.1) is 0 Å². The molecule has 8 heteroatoms. The van der Waals surface area contributed by atoms with Gasteiger partial charge in [0.05, 0.1) is 4.05 Å². The molecular weight excluding hydrogens is 326 g/mol. The monoisotopic (exact) mass is 335 g/mol. The molecule has 1 atom stereocenters. The number of nitrogens with one attached hydrogen (secondary N) is 2. The zero-order valence-corrected chi connectivity index (χ0v) is 9.89. The third-order valence-corrected chi connectivity index (χ3v) is 3.10. The van der Waals surface area contributed by atoms with Gasteiger partial charge in [0.2, 0.25) is 0 Å². The molecule has 0 aromatic heterocycles. The lowest BCUT2D eigenvalue weighted by Crippen LogP contribution is -2.47. The summed E-state index contributed by atoms with van der Waals surface area (Å²) < 4.78 is 35.8. The summed E-state index contributed by atoms with van der Waals surface area (Å²) in [5.74, 6) is -1.85. The smallest absolute Gasteiger partial charge is 0.385 e. The van der Waals surface area contributed by atoms with Crippen LogP contribution in [0.4, 0.5) is 13.2 Å². The van der Waals surface area contributed by atoms with E-state index in [0.717, 1.165) is 0 Å². The van der Waals surface area contributed by atoms with Gasteiger partial charge in [-0.05, 0) is 0 Å². The summed E-state index contributed by atoms with van der Waals surface area (Å²) >= 11 is 2.06. The van der Waals surface area contributed by atoms with Crippen molar-refractivity contribution in [1.82, 2.24) is 15.5 Å². The third kappa shape index (κ3) is 3.14. The van der Waals surface area contributed by atoms with Gasteiger partial charge in [-0.3, -0.25) is 4.79 Å². The highest BCUT2D eigenvalue weighted by Gasteiger charge is 2.39. The third-order valence-electron chi connectivity index (χ3n) is 1.82. The molecule has 0 aliphatic carbocycles. The van der Waals surface area contributed by atoms with Crippen molar-refractivity contribution < 1.29 is 18.0 Å². The maximum Gasteiger partial charge on any atom is 0.471 e. The van der Waals surface area contributed by atoms with Crippen molar-refractivity contribution in [3.05, 3.63) is 12.0 Å². The number of amides is 1. The first-order valence-electron chi connectivity index (χ1n) is 4.01. The van der Waals surface area contributed by atoms with E-state index >= 15 is 0 Å². The molecule has 0 spiro atoms. The van der Waals surface area contributed by atoms with Crippen molar-refractivity contribution in [3.8, 4) is 0 Å². The van der Waals surface area contributed by atoms with Crippen molar-refractivity contribution in [2.24, 2.45) is 0 Å². The van der Waals surface area contributed by atoms with Gasteiger partial charge in [0, 0.05) is 19.8 Å². The Balaban J connectivity index is 2.66. The van der Waals surface area contributed by atoms with Crippen LogP contribution in [0.25, 0.3) is 0 Å². The van der Waals surface area contributed by atoms with E-state index in [0.29, 0.717) is 6.54 Å². The zero-order valence-electron chi connectivity index (χ0n) is 7.73. The molecule has 0 bridgehead atoms. The van der Waals surface area contributed by atoms with E-state index in [1.807, 2.05) is 0 Å². The van der Waals surface area contributed by atoms with E-state index in [9.17, 15) is 18.0 Å². The number of hydrogen-bond acceptors (Lipinski definition) is 3. The first-order chi connectivity index (χ1) is 6.82. The van der Waals surface area contributed by atoms with E-state index in [2.05, 4.69) is 27.9 Å². The number of alkyl halides is 4. The first-order valence-corrected chi connectivity index (χ1v) is 5.25. The van der Waals surface area contributed by atoms with E-state index < -0.39 is 12.1 Å². The molecule has 0 aromatic carbocycles. The topological polar surface area (TPSA) is 44.4 Å². The summed E-state index contributed by atoms with van der Waals surface area (Å²) in [4.78, 5) is 12.2. The number of likely N-dealkylation sites (N-methyl/N-ethyl adjacent to an activating group) is 1. The van der Waals surface area contributed by atoms with Gasteiger partial charge < -0.3 is 15.5 Å². The second-order valence-corrected chi connectivity index (χ2v) is 4.37. The number of hydrogen-bond donors (Lipinski definition) is 2. The summed E-state index contributed by atoms with van der Waals surface area (Å²) in [5, 5.41) is 4.57. The van der Waals surface area contributed by atoms with Crippen LogP contribution in [0.15, 0.2) is 12.0 Å². The molecule has 1 unspecified atom stereocenters. The minimum absolute atomic E-state index is 0.00358. The second kappa shape index (κ2) is 4.45. The summed E-state index contributed by atoms with van der Waals surface area (Å²) in [6, 6.07) is 0. The molecule has 1 amide bonds. The van der Waals surface area contributed by atoms with Crippen molar-refractivity contribution >= 4 is 28.5 Å². The van der Waals surface area contributed by atoms with E-state index in [1.165, 1.54) is 6.20 Å². The number of nitrogens with zero attached hydrogens (tertiary/aromatic N) is 1. The lowest BCUT2D eigenvalue weighted by Gasteiger charge is -2.32. The van der Waals surface area contributed by atoms with Crippen LogP contribution >= 0.6 is 22.6 Å². The van der Waals surface area contributed by atoms with Gasteiger partial charge >= 0.3 is 12.1 Å². The molecule has 0 saturated carbocycles. The predicted octanol–water partition coefficient (Wildman–Crippen LogP) is 0.760. The average molecular weight is 335 g/mol. The van der Waals surface area contributed by atoms with Crippen molar-refractivity contribution in [2.75, 3.05) is 13.6 Å². The largest absolute Gasteiger partial charge is 0.471 e. The lowest BCUT2D eigenvalue weighted by atomic mass is 10.4. The van der Waals surface area contributed by atoms with Gasteiger partial charge in [0.1, 0.15) is 5.82 Å². The predicted molar refractivity (Wildman–Crippen MR) is 55.9 cm³/mol. The molecule has 1 aliphatic heterocycles. The van der Waals surface area contributed by atoms with Crippen molar-refractivity contribution in [3.63, 3.8) is 0 Å². The molecule has 0 radical (unpaired) electrons. The molecule has 1 aliphatic rings. The highest BCUT2D eigenvalue weighted by molar-refractivity contribution is 14.1. The Labute approximate surface area is 98.0 Å². The molecule has 4 nitrogen and oxygen atoms in total. The van der Waals surface area contributed by atoms with Gasteiger partial charge in [0.25, 0.3) is 0 Å². The molecule has 86 valence electrons. The Hall–Kier alpha value is -0.670. The number of halogens is 4. The second-order valence-electron chi connectivity index (χ2n) is 2.94. The Bertz CT molecular complexity index is 292. The molecule has 1 heterocycles. The van der Waals surface area contributed by atoms with Crippen LogP contribution in [-0.2, 0) is 4.79 Å². The Morgan fingerprint density at radius 1 is 1.73 bits per heavy atom. The van der Waals surface area contributed by atoms with Crippen LogP contribution < -0.4 is 10.6 Å². The quantitative estimate of drug-likeness (QED) is 0.423. The van der Waals surface area contributed by atoms with Crippen LogP contribution in [-0.4, -0.2) is 34.6 Å². The SMILES string of the molecule is CN1C(NC(=O)C(F)(F)F)=CNCC1I. The summed E-state index contributed by atoms with van der Waals surface area (Å²) in [6.45, 7) is 0.614. The van der Waals surface area contributed by atoms with E-state index in [4.69, 9.17) is 0 Å². The minimum Gasteiger partial charge on any atom is -0.385 e. The van der Waals surface area contributed by atoms with Crippen LogP contribution in [0, 0.1) is 0 Å². The molecule has 15 heavy (non-hydrogen) atoms. The van der Waals surface area contributed by atoms with E-state index in [1.54, 1.807) is 17.3 Å². The fourth-order valence-corrected chi connectivity index (χ4v) is 1.51. The summed E-state index contributed by atoms with van der Waals surface area (Å²) in [6.07, 6.45) is -3.52. The Kier molecular flexibility index (Phi) is 3.68. The molecular formula is C7H9F3IN3O. The maximum absolute atomic E-state index is 11.9. The Morgan fingerprint density at radius 3 is 2.87 bits per heavy atom. The van der Waals surface area contributed by atoms with Crippen molar-refractivity contribution in [2.45, 2.75) is 10.2 Å². The summed E-state index contributed by atoms with van der Waals surface area (Å²) in [5.41, 5.74) is 0. The normalized spacial score (nSPS) is 21.8. The molecule has 1 rings (SSSR count). The first kappa shape index (κ1) is 12.4. The Morgan fingerprint density at radius 2 is 2.33 bits per heavy atom. The number of carbonyl (C=O) groups excluding carboxylic acids is 1. The standard InChI is InChI=1S/C7H9F3IN3O/c1-14-4(11)2-12-3-5(14)13-6(15)7(8,9)10/h3-4,12H,2H2,1H3,(H,13,15). The zero-order chi connectivity index (χ0) is 11.6. The average Bonchev–Trinajstić information content (AvgIpc) is 2.11. The number of carbonyl (C=O) groups is 1. The molecule has 0 saturated heterocycles. The van der Waals surface area contributed by atoms with E-state index in [-0.39, 0.29) is 9.87 Å². The molecule has 0 aromatic rings. The summed E-state index contributed by atoms with van der Waals surface area (Å²) in [7, 11) is 1.61. The van der Waals surface area contributed by atoms with Gasteiger partial charge in [-0.25, -0.2) is 0 Å². The van der Waals surface area contributed by atoms with Crippen LogP contribution in [0.2, 0.25) is 0 Å². The number of rotatable bonds is 1. The molecule has 2 N–H and O–H groups in total. The van der Waals surface area contributed by atoms with Gasteiger partial charge in [-0.1, -0.05) is 22.6 Å². The molecule has 0 fully saturated rings. The van der Waals surface area contributed by atoms with Gasteiger partial charge in [0.15, 0.2) is 0 Å². The fourth-order valence-electron chi connectivity index (χ4n) is 0.954.